The van der Waals surface area contributed by atoms with Crippen LogP contribution in [-0.4, -0.2) is 24.2 Å². The lowest BCUT2D eigenvalue weighted by molar-refractivity contribution is -0.210. The van der Waals surface area contributed by atoms with Crippen molar-refractivity contribution in [1.29, 1.82) is 0 Å². The molecule has 1 aliphatic heterocycles. The Labute approximate surface area is 94.7 Å². The zero-order chi connectivity index (χ0) is 12.6. The van der Waals surface area contributed by atoms with E-state index >= 15 is 0 Å². The number of para-hydroxylation sites is 1. The van der Waals surface area contributed by atoms with Gasteiger partial charge in [-0.2, -0.15) is 13.2 Å². The Hall–Kier alpha value is -1.47. The van der Waals surface area contributed by atoms with Gasteiger partial charge in [0, 0.05) is 5.56 Å². The van der Waals surface area contributed by atoms with Gasteiger partial charge in [-0.25, -0.2) is 0 Å². The Morgan fingerprint density at radius 2 is 2.00 bits per heavy atom. The molecule has 0 unspecified atom stereocenters. The van der Waals surface area contributed by atoms with Crippen LogP contribution in [0, 0.1) is 0 Å². The first-order valence-corrected chi connectivity index (χ1v) is 4.80. The zero-order valence-electron chi connectivity index (χ0n) is 8.57. The van der Waals surface area contributed by atoms with Crippen molar-refractivity contribution in [3.63, 3.8) is 0 Å². The lowest BCUT2D eigenvalue weighted by Gasteiger charge is -2.22. The summed E-state index contributed by atoms with van der Waals surface area (Å²) in [5.74, 6) is 0.482. The molecule has 0 amide bonds. The zero-order valence-corrected chi connectivity index (χ0v) is 8.57. The Bertz CT molecular complexity index is 422. The molecule has 4 nitrogen and oxygen atoms in total. The van der Waals surface area contributed by atoms with Crippen LogP contribution < -0.4 is 15.2 Å². The molecular formula is C10H10F3NO3. The average Bonchev–Trinajstić information content (AvgIpc) is 2.73. The van der Waals surface area contributed by atoms with Crippen molar-refractivity contribution >= 4 is 0 Å². The van der Waals surface area contributed by atoms with Gasteiger partial charge in [-0.1, -0.05) is 12.1 Å². The third-order valence-corrected chi connectivity index (χ3v) is 2.46. The van der Waals surface area contributed by atoms with Crippen LogP contribution in [0.25, 0.3) is 0 Å². The Kier molecular flexibility index (Phi) is 2.88. The first-order valence-electron chi connectivity index (χ1n) is 4.80. The summed E-state index contributed by atoms with van der Waals surface area (Å²) in [5, 5.41) is 9.09. The minimum atomic E-state index is -4.78. The molecule has 7 heteroatoms. The fraction of sp³-hybridized carbons (Fsp3) is 0.400. The minimum absolute atomic E-state index is 0.0683. The first-order chi connectivity index (χ1) is 7.91. The number of alkyl halides is 3. The Balaban J connectivity index is 2.32. The number of nitrogens with two attached hydrogens (primary N) is 1. The van der Waals surface area contributed by atoms with E-state index < -0.39 is 18.3 Å². The maximum absolute atomic E-state index is 12.3. The summed E-state index contributed by atoms with van der Waals surface area (Å²) in [7, 11) is 0. The van der Waals surface area contributed by atoms with E-state index in [4.69, 9.17) is 20.3 Å². The second-order valence-corrected chi connectivity index (χ2v) is 3.59. The van der Waals surface area contributed by atoms with Gasteiger partial charge in [0.15, 0.2) is 17.6 Å². The molecule has 0 saturated carbocycles. The molecule has 94 valence electrons. The number of hydrogen-bond donors (Lipinski definition) is 2. The number of halogens is 3. The molecule has 1 aromatic carbocycles. The fourth-order valence-electron chi connectivity index (χ4n) is 1.59. The van der Waals surface area contributed by atoms with E-state index in [-0.39, 0.29) is 18.1 Å². The molecule has 1 heterocycles. The topological polar surface area (TPSA) is 64.7 Å². The smallest absolute Gasteiger partial charge is 0.416 e. The van der Waals surface area contributed by atoms with Crippen LogP contribution in [0.4, 0.5) is 13.2 Å². The summed E-state index contributed by atoms with van der Waals surface area (Å²) in [5.41, 5.74) is 5.47. The lowest BCUT2D eigenvalue weighted by atomic mass is 10.0. The van der Waals surface area contributed by atoms with Crippen molar-refractivity contribution in [1.82, 2.24) is 0 Å². The summed E-state index contributed by atoms with van der Waals surface area (Å²) in [6.45, 7) is -0.0683. The van der Waals surface area contributed by atoms with Gasteiger partial charge in [0.05, 0.1) is 6.04 Å². The van der Waals surface area contributed by atoms with Crippen molar-refractivity contribution < 1.29 is 27.8 Å². The summed E-state index contributed by atoms with van der Waals surface area (Å²) in [6.07, 6.45) is -7.42. The van der Waals surface area contributed by atoms with Crippen LogP contribution in [0.2, 0.25) is 0 Å². The van der Waals surface area contributed by atoms with Gasteiger partial charge < -0.3 is 20.3 Å². The van der Waals surface area contributed by atoms with E-state index in [0.29, 0.717) is 5.75 Å². The van der Waals surface area contributed by atoms with E-state index in [0.717, 1.165) is 0 Å². The SMILES string of the molecule is N[C@H](c1cccc2c1OCO2)[C@@H](O)C(F)(F)F. The van der Waals surface area contributed by atoms with Crippen LogP contribution in [0.15, 0.2) is 18.2 Å². The number of ether oxygens (including phenoxy) is 2. The molecule has 1 aliphatic rings. The third kappa shape index (κ3) is 2.16. The van der Waals surface area contributed by atoms with Gasteiger partial charge in [0.25, 0.3) is 0 Å². The number of aliphatic hydroxyl groups is 1. The van der Waals surface area contributed by atoms with E-state index in [9.17, 15) is 13.2 Å². The highest BCUT2D eigenvalue weighted by molar-refractivity contribution is 5.49. The number of rotatable bonds is 2. The summed E-state index contributed by atoms with van der Waals surface area (Å²) >= 11 is 0. The number of benzene rings is 1. The largest absolute Gasteiger partial charge is 0.454 e. The average molecular weight is 249 g/mol. The molecule has 0 aliphatic carbocycles. The maximum Gasteiger partial charge on any atom is 0.416 e. The predicted molar refractivity (Wildman–Crippen MR) is 51.6 cm³/mol. The standard InChI is InChI=1S/C10H10F3NO3/c11-10(12,13)9(15)7(14)5-2-1-3-6-8(5)17-4-16-6/h1-3,7,9,15H,4,14H2/t7-,9-/m1/s1. The van der Waals surface area contributed by atoms with Crippen molar-refractivity contribution in [3.8, 4) is 11.5 Å². The van der Waals surface area contributed by atoms with Gasteiger partial charge in [-0.15, -0.1) is 0 Å². The van der Waals surface area contributed by atoms with Gasteiger partial charge >= 0.3 is 6.18 Å². The predicted octanol–water partition coefficient (Wildman–Crippen LogP) is 1.34. The molecule has 0 radical (unpaired) electrons. The lowest BCUT2D eigenvalue weighted by Crippen LogP contribution is -2.38. The maximum atomic E-state index is 12.3. The van der Waals surface area contributed by atoms with Gasteiger partial charge in [0.1, 0.15) is 0 Å². The highest BCUT2D eigenvalue weighted by atomic mass is 19.4. The van der Waals surface area contributed by atoms with Crippen LogP contribution >= 0.6 is 0 Å². The van der Waals surface area contributed by atoms with Gasteiger partial charge in [-0.05, 0) is 6.07 Å². The highest BCUT2D eigenvalue weighted by Gasteiger charge is 2.44. The van der Waals surface area contributed by atoms with Crippen LogP contribution in [0.3, 0.4) is 0 Å². The molecule has 0 saturated heterocycles. The number of fused-ring (bicyclic) bond motifs is 1. The first kappa shape index (κ1) is 12.0. The second kappa shape index (κ2) is 4.08. The van der Waals surface area contributed by atoms with Crippen LogP contribution in [0.5, 0.6) is 11.5 Å². The minimum Gasteiger partial charge on any atom is -0.454 e. The summed E-state index contributed by atoms with van der Waals surface area (Å²) < 4.78 is 47.1. The van der Waals surface area contributed by atoms with Crippen LogP contribution in [-0.2, 0) is 0 Å². The molecule has 3 N–H and O–H groups in total. The van der Waals surface area contributed by atoms with E-state index in [1.54, 1.807) is 6.07 Å². The summed E-state index contributed by atoms with van der Waals surface area (Å²) in [4.78, 5) is 0. The Morgan fingerprint density at radius 3 is 2.65 bits per heavy atom. The molecule has 0 aromatic heterocycles. The monoisotopic (exact) mass is 249 g/mol. The second-order valence-electron chi connectivity index (χ2n) is 3.59. The van der Waals surface area contributed by atoms with Crippen LogP contribution in [0.1, 0.15) is 11.6 Å². The number of hydrogen-bond acceptors (Lipinski definition) is 4. The molecule has 2 atom stereocenters. The molecule has 17 heavy (non-hydrogen) atoms. The number of aliphatic hydroxyl groups excluding tert-OH is 1. The third-order valence-electron chi connectivity index (χ3n) is 2.46. The summed E-state index contributed by atoms with van der Waals surface area (Å²) in [6, 6.07) is 2.81. The van der Waals surface area contributed by atoms with E-state index in [1.807, 2.05) is 0 Å². The van der Waals surface area contributed by atoms with E-state index in [1.165, 1.54) is 12.1 Å². The van der Waals surface area contributed by atoms with Crippen molar-refractivity contribution in [3.05, 3.63) is 23.8 Å². The van der Waals surface area contributed by atoms with E-state index in [2.05, 4.69) is 0 Å². The highest BCUT2D eigenvalue weighted by Crippen LogP contribution is 2.40. The fourth-order valence-corrected chi connectivity index (χ4v) is 1.59. The molecular weight excluding hydrogens is 239 g/mol. The molecule has 2 rings (SSSR count). The van der Waals surface area contributed by atoms with Crippen molar-refractivity contribution in [2.24, 2.45) is 5.73 Å². The van der Waals surface area contributed by atoms with Crippen molar-refractivity contribution in [2.75, 3.05) is 6.79 Å². The molecule has 0 spiro atoms. The molecule has 0 fully saturated rings. The van der Waals surface area contributed by atoms with Gasteiger partial charge in [-0.3, -0.25) is 0 Å². The van der Waals surface area contributed by atoms with Gasteiger partial charge in [0.2, 0.25) is 6.79 Å². The molecule has 1 aromatic rings. The van der Waals surface area contributed by atoms with Crippen molar-refractivity contribution in [2.45, 2.75) is 18.3 Å². The molecule has 0 bridgehead atoms. The Morgan fingerprint density at radius 1 is 1.29 bits per heavy atom. The normalized spacial score (nSPS) is 17.9. The quantitative estimate of drug-likeness (QED) is 0.830.